The lowest BCUT2D eigenvalue weighted by Gasteiger charge is -2.36. The first kappa shape index (κ1) is 12.0. The van der Waals surface area contributed by atoms with E-state index in [0.29, 0.717) is 12.5 Å². The SMILES string of the molecule is Cn1ccnc1N1CCCCC1CCC(=O)O. The van der Waals surface area contributed by atoms with Crippen LogP contribution in [0.4, 0.5) is 5.95 Å². The van der Waals surface area contributed by atoms with Crippen molar-refractivity contribution in [1.82, 2.24) is 9.55 Å². The van der Waals surface area contributed by atoms with Gasteiger partial charge in [0.05, 0.1) is 0 Å². The average Bonchev–Trinajstić information content (AvgIpc) is 2.73. The van der Waals surface area contributed by atoms with Gasteiger partial charge >= 0.3 is 5.97 Å². The number of hydrogen-bond donors (Lipinski definition) is 1. The van der Waals surface area contributed by atoms with Gasteiger partial charge in [-0.3, -0.25) is 4.79 Å². The Morgan fingerprint density at radius 2 is 2.41 bits per heavy atom. The molecule has 1 N–H and O–H groups in total. The third-order valence-corrected chi connectivity index (χ3v) is 3.37. The molecule has 1 aliphatic rings. The van der Waals surface area contributed by atoms with Gasteiger partial charge in [0.25, 0.3) is 0 Å². The predicted molar refractivity (Wildman–Crippen MR) is 65.1 cm³/mol. The average molecular weight is 237 g/mol. The molecular formula is C12H19N3O2. The number of aryl methyl sites for hydroxylation is 1. The Kier molecular flexibility index (Phi) is 3.66. The molecule has 1 aromatic heterocycles. The van der Waals surface area contributed by atoms with Gasteiger partial charge in [0.15, 0.2) is 0 Å². The van der Waals surface area contributed by atoms with Gasteiger partial charge in [-0.05, 0) is 25.7 Å². The molecule has 94 valence electrons. The molecule has 5 heteroatoms. The highest BCUT2D eigenvalue weighted by Gasteiger charge is 2.25. The van der Waals surface area contributed by atoms with Crippen molar-refractivity contribution in [2.45, 2.75) is 38.1 Å². The van der Waals surface area contributed by atoms with Crippen LogP contribution >= 0.6 is 0 Å². The molecule has 2 rings (SSSR count). The topological polar surface area (TPSA) is 58.4 Å². The van der Waals surface area contributed by atoms with Crippen LogP contribution in [0.25, 0.3) is 0 Å². The number of aromatic nitrogens is 2. The number of imidazole rings is 1. The molecule has 0 aliphatic carbocycles. The number of aliphatic carboxylic acids is 1. The zero-order valence-corrected chi connectivity index (χ0v) is 10.2. The van der Waals surface area contributed by atoms with Crippen molar-refractivity contribution in [3.05, 3.63) is 12.4 Å². The van der Waals surface area contributed by atoms with E-state index >= 15 is 0 Å². The van der Waals surface area contributed by atoms with E-state index in [9.17, 15) is 4.79 Å². The standard InChI is InChI=1S/C12H19N3O2/c1-14-9-7-13-12(14)15-8-3-2-4-10(15)5-6-11(16)17/h7,9-10H,2-6,8H2,1H3,(H,16,17). The van der Waals surface area contributed by atoms with E-state index in [1.54, 1.807) is 6.20 Å². The molecular weight excluding hydrogens is 218 g/mol. The van der Waals surface area contributed by atoms with E-state index in [-0.39, 0.29) is 6.42 Å². The molecule has 0 saturated carbocycles. The zero-order valence-electron chi connectivity index (χ0n) is 10.2. The minimum Gasteiger partial charge on any atom is -0.481 e. The van der Waals surface area contributed by atoms with Crippen LogP contribution in [0.2, 0.25) is 0 Å². The van der Waals surface area contributed by atoms with Gasteiger partial charge in [-0.15, -0.1) is 0 Å². The second kappa shape index (κ2) is 5.21. The highest BCUT2D eigenvalue weighted by atomic mass is 16.4. The Morgan fingerprint density at radius 1 is 1.59 bits per heavy atom. The van der Waals surface area contributed by atoms with E-state index in [0.717, 1.165) is 25.3 Å². The van der Waals surface area contributed by atoms with Crippen LogP contribution in [0.3, 0.4) is 0 Å². The number of nitrogens with zero attached hydrogens (tertiary/aromatic N) is 3. The summed E-state index contributed by atoms with van der Waals surface area (Å²) < 4.78 is 2.00. The van der Waals surface area contributed by atoms with Gasteiger partial charge < -0.3 is 14.6 Å². The zero-order chi connectivity index (χ0) is 12.3. The molecule has 2 heterocycles. The van der Waals surface area contributed by atoms with Gasteiger partial charge in [0.2, 0.25) is 5.95 Å². The summed E-state index contributed by atoms with van der Waals surface area (Å²) >= 11 is 0. The van der Waals surface area contributed by atoms with Crippen LogP contribution in [0.15, 0.2) is 12.4 Å². The molecule has 1 saturated heterocycles. The number of carbonyl (C=O) groups is 1. The van der Waals surface area contributed by atoms with Crippen LogP contribution < -0.4 is 4.90 Å². The maximum atomic E-state index is 10.7. The third kappa shape index (κ3) is 2.78. The minimum atomic E-state index is -0.713. The summed E-state index contributed by atoms with van der Waals surface area (Å²) in [4.78, 5) is 17.3. The Balaban J connectivity index is 2.07. The summed E-state index contributed by atoms with van der Waals surface area (Å²) in [5, 5.41) is 8.78. The lowest BCUT2D eigenvalue weighted by Crippen LogP contribution is -2.41. The summed E-state index contributed by atoms with van der Waals surface area (Å²) in [6.07, 6.45) is 8.09. The fraction of sp³-hybridized carbons (Fsp3) is 0.667. The van der Waals surface area contributed by atoms with E-state index in [1.165, 1.54) is 6.42 Å². The largest absolute Gasteiger partial charge is 0.481 e. The maximum Gasteiger partial charge on any atom is 0.303 e. The van der Waals surface area contributed by atoms with E-state index in [2.05, 4.69) is 9.88 Å². The normalized spacial score (nSPS) is 20.5. The molecule has 5 nitrogen and oxygen atoms in total. The van der Waals surface area contributed by atoms with Gasteiger partial charge in [0, 0.05) is 38.4 Å². The fourth-order valence-corrected chi connectivity index (χ4v) is 2.49. The molecule has 0 bridgehead atoms. The maximum absolute atomic E-state index is 10.7. The summed E-state index contributed by atoms with van der Waals surface area (Å²) in [5.74, 6) is 0.246. The van der Waals surface area contributed by atoms with Crippen molar-refractivity contribution in [1.29, 1.82) is 0 Å². The lowest BCUT2D eigenvalue weighted by molar-refractivity contribution is -0.137. The summed E-state index contributed by atoms with van der Waals surface area (Å²) in [7, 11) is 1.98. The Hall–Kier alpha value is -1.52. The second-order valence-electron chi connectivity index (χ2n) is 4.61. The van der Waals surface area contributed by atoms with E-state index < -0.39 is 5.97 Å². The highest BCUT2D eigenvalue weighted by Crippen LogP contribution is 2.25. The van der Waals surface area contributed by atoms with Gasteiger partial charge in [-0.1, -0.05) is 0 Å². The van der Waals surface area contributed by atoms with Crippen LogP contribution in [0.1, 0.15) is 32.1 Å². The molecule has 1 aromatic rings. The van der Waals surface area contributed by atoms with Crippen molar-refractivity contribution in [2.24, 2.45) is 7.05 Å². The lowest BCUT2D eigenvalue weighted by atomic mass is 9.98. The monoisotopic (exact) mass is 237 g/mol. The smallest absolute Gasteiger partial charge is 0.303 e. The molecule has 0 spiro atoms. The number of rotatable bonds is 4. The van der Waals surface area contributed by atoms with E-state index in [1.807, 2.05) is 17.8 Å². The van der Waals surface area contributed by atoms with Crippen molar-refractivity contribution >= 4 is 11.9 Å². The molecule has 1 atom stereocenters. The molecule has 1 fully saturated rings. The molecule has 0 aromatic carbocycles. The Bertz CT molecular complexity index is 389. The summed E-state index contributed by atoms with van der Waals surface area (Å²) in [6.45, 7) is 0.981. The quantitative estimate of drug-likeness (QED) is 0.865. The summed E-state index contributed by atoms with van der Waals surface area (Å²) in [6, 6.07) is 0.320. The van der Waals surface area contributed by atoms with Gasteiger partial charge in [0.1, 0.15) is 0 Å². The van der Waals surface area contributed by atoms with Crippen LogP contribution in [-0.2, 0) is 11.8 Å². The van der Waals surface area contributed by atoms with Gasteiger partial charge in [-0.2, -0.15) is 0 Å². The van der Waals surface area contributed by atoms with Crippen molar-refractivity contribution in [3.8, 4) is 0 Å². The first-order valence-electron chi connectivity index (χ1n) is 6.14. The van der Waals surface area contributed by atoms with Crippen molar-refractivity contribution in [2.75, 3.05) is 11.4 Å². The second-order valence-corrected chi connectivity index (χ2v) is 4.61. The van der Waals surface area contributed by atoms with E-state index in [4.69, 9.17) is 5.11 Å². The number of piperidine rings is 1. The molecule has 0 amide bonds. The first-order chi connectivity index (χ1) is 8.18. The first-order valence-corrected chi connectivity index (χ1v) is 6.14. The van der Waals surface area contributed by atoms with Crippen molar-refractivity contribution < 1.29 is 9.90 Å². The fourth-order valence-electron chi connectivity index (χ4n) is 2.49. The molecule has 17 heavy (non-hydrogen) atoms. The Labute approximate surface area is 101 Å². The highest BCUT2D eigenvalue weighted by molar-refractivity contribution is 5.66. The number of hydrogen-bond acceptors (Lipinski definition) is 3. The third-order valence-electron chi connectivity index (χ3n) is 3.37. The van der Waals surface area contributed by atoms with Gasteiger partial charge in [-0.25, -0.2) is 4.98 Å². The van der Waals surface area contributed by atoms with Crippen LogP contribution in [-0.4, -0.2) is 33.2 Å². The number of carboxylic acid groups (broad SMARTS) is 1. The van der Waals surface area contributed by atoms with Crippen molar-refractivity contribution in [3.63, 3.8) is 0 Å². The van der Waals surface area contributed by atoms with Crippen LogP contribution in [0, 0.1) is 0 Å². The molecule has 1 unspecified atom stereocenters. The summed E-state index contributed by atoms with van der Waals surface area (Å²) in [5.41, 5.74) is 0. The predicted octanol–water partition coefficient (Wildman–Crippen LogP) is 1.64. The molecule has 0 radical (unpaired) electrons. The number of carboxylic acids is 1. The molecule has 1 aliphatic heterocycles. The van der Waals surface area contributed by atoms with Crippen LogP contribution in [0.5, 0.6) is 0 Å². The minimum absolute atomic E-state index is 0.242. The Morgan fingerprint density at radius 3 is 3.06 bits per heavy atom. The number of anilines is 1.